The standard InChI is InChI=1S/C16H17N3O4/c1-12-8-15(18-23-12)17-16(20)11-19(9-13-4-2-6-21-13)10-14-5-3-7-22-14/h2-8H,9-11H2,1H3,(H,17,18,20)/p+1. The van der Waals surface area contributed by atoms with E-state index in [1.54, 1.807) is 25.5 Å². The molecule has 0 fully saturated rings. The molecule has 7 nitrogen and oxygen atoms in total. The number of nitrogens with one attached hydrogen (secondary N) is 2. The molecule has 3 rings (SSSR count). The van der Waals surface area contributed by atoms with Crippen molar-refractivity contribution in [3.63, 3.8) is 0 Å². The molecule has 0 radical (unpaired) electrons. The van der Waals surface area contributed by atoms with Crippen LogP contribution >= 0.6 is 0 Å². The first-order valence-electron chi connectivity index (χ1n) is 7.30. The van der Waals surface area contributed by atoms with Gasteiger partial charge in [0.15, 0.2) is 23.9 Å². The van der Waals surface area contributed by atoms with Gasteiger partial charge in [0.2, 0.25) is 0 Å². The Balaban J connectivity index is 1.63. The lowest BCUT2D eigenvalue weighted by Crippen LogP contribution is -3.10. The van der Waals surface area contributed by atoms with Gasteiger partial charge in [-0.15, -0.1) is 0 Å². The summed E-state index contributed by atoms with van der Waals surface area (Å²) in [5.41, 5.74) is 0. The van der Waals surface area contributed by atoms with Crippen LogP contribution < -0.4 is 10.2 Å². The number of nitrogens with zero attached hydrogens (tertiary/aromatic N) is 1. The van der Waals surface area contributed by atoms with Gasteiger partial charge in [-0.25, -0.2) is 0 Å². The predicted octanol–water partition coefficient (Wildman–Crippen LogP) is 1.39. The van der Waals surface area contributed by atoms with E-state index >= 15 is 0 Å². The molecule has 0 saturated heterocycles. The largest absolute Gasteiger partial charge is 0.463 e. The number of aryl methyl sites for hydroxylation is 1. The van der Waals surface area contributed by atoms with Crippen molar-refractivity contribution in [2.75, 3.05) is 11.9 Å². The van der Waals surface area contributed by atoms with E-state index in [9.17, 15) is 4.79 Å². The molecule has 7 heteroatoms. The Kier molecular flexibility index (Phi) is 4.58. The highest BCUT2D eigenvalue weighted by atomic mass is 16.5. The lowest BCUT2D eigenvalue weighted by molar-refractivity contribution is -0.921. The number of furan rings is 2. The quantitative estimate of drug-likeness (QED) is 0.688. The van der Waals surface area contributed by atoms with E-state index in [0.717, 1.165) is 16.4 Å². The van der Waals surface area contributed by atoms with E-state index in [1.165, 1.54) is 0 Å². The highest BCUT2D eigenvalue weighted by Crippen LogP contribution is 2.06. The molecule has 1 amide bonds. The Morgan fingerprint density at radius 2 is 1.83 bits per heavy atom. The summed E-state index contributed by atoms with van der Waals surface area (Å²) in [7, 11) is 0. The average molecular weight is 316 g/mol. The first-order valence-corrected chi connectivity index (χ1v) is 7.30. The van der Waals surface area contributed by atoms with Crippen LogP contribution in [-0.4, -0.2) is 17.6 Å². The minimum atomic E-state index is -0.147. The summed E-state index contributed by atoms with van der Waals surface area (Å²) in [6, 6.07) is 9.12. The molecule has 0 spiro atoms. The van der Waals surface area contributed by atoms with Crippen LogP contribution in [0.1, 0.15) is 17.3 Å². The van der Waals surface area contributed by atoms with Crippen LogP contribution in [0.5, 0.6) is 0 Å². The fourth-order valence-corrected chi connectivity index (χ4v) is 2.35. The molecule has 0 aliphatic rings. The van der Waals surface area contributed by atoms with Gasteiger partial charge in [-0.3, -0.25) is 4.79 Å². The lowest BCUT2D eigenvalue weighted by Gasteiger charge is -2.16. The predicted molar refractivity (Wildman–Crippen MR) is 80.5 cm³/mol. The zero-order valence-electron chi connectivity index (χ0n) is 12.7. The summed E-state index contributed by atoms with van der Waals surface area (Å²) in [6.07, 6.45) is 3.25. The lowest BCUT2D eigenvalue weighted by atomic mass is 10.3. The van der Waals surface area contributed by atoms with Gasteiger partial charge in [-0.1, -0.05) is 5.16 Å². The van der Waals surface area contributed by atoms with Crippen molar-refractivity contribution >= 4 is 11.7 Å². The van der Waals surface area contributed by atoms with Crippen LogP contribution in [0.15, 0.2) is 56.2 Å². The Morgan fingerprint density at radius 3 is 2.30 bits per heavy atom. The third-order valence-electron chi connectivity index (χ3n) is 3.31. The monoisotopic (exact) mass is 316 g/mol. The molecule has 0 aliphatic carbocycles. The smallest absolute Gasteiger partial charge is 0.280 e. The van der Waals surface area contributed by atoms with E-state index in [0.29, 0.717) is 24.7 Å². The Morgan fingerprint density at radius 1 is 1.17 bits per heavy atom. The summed E-state index contributed by atoms with van der Waals surface area (Å²) >= 11 is 0. The normalized spacial score (nSPS) is 11.0. The average Bonchev–Trinajstić information content (AvgIpc) is 3.23. The molecule has 3 aromatic heterocycles. The maximum absolute atomic E-state index is 12.2. The molecular formula is C16H18N3O4+. The zero-order valence-corrected chi connectivity index (χ0v) is 12.7. The molecule has 0 aliphatic heterocycles. The number of aromatic nitrogens is 1. The SMILES string of the molecule is Cc1cc(NC(=O)C[NH+](Cc2ccco2)Cc2ccco2)no1. The number of rotatable bonds is 7. The summed E-state index contributed by atoms with van der Waals surface area (Å²) in [4.78, 5) is 13.2. The summed E-state index contributed by atoms with van der Waals surface area (Å²) in [5, 5.41) is 6.49. The number of hydrogen-bond acceptors (Lipinski definition) is 5. The molecule has 0 aromatic carbocycles. The molecule has 0 bridgehead atoms. The van der Waals surface area contributed by atoms with E-state index in [1.807, 2.05) is 24.3 Å². The van der Waals surface area contributed by atoms with E-state index in [4.69, 9.17) is 13.4 Å². The van der Waals surface area contributed by atoms with Gasteiger partial charge < -0.3 is 23.6 Å². The van der Waals surface area contributed by atoms with Crippen molar-refractivity contribution in [3.8, 4) is 0 Å². The minimum Gasteiger partial charge on any atom is -0.463 e. The second kappa shape index (κ2) is 6.97. The molecule has 3 heterocycles. The second-order valence-corrected chi connectivity index (χ2v) is 5.31. The van der Waals surface area contributed by atoms with Crippen molar-refractivity contribution in [2.45, 2.75) is 20.0 Å². The van der Waals surface area contributed by atoms with Crippen LogP contribution in [0.4, 0.5) is 5.82 Å². The summed E-state index contributed by atoms with van der Waals surface area (Å²) < 4.78 is 15.7. The van der Waals surface area contributed by atoms with Crippen molar-refractivity contribution in [3.05, 3.63) is 60.1 Å². The number of hydrogen-bond donors (Lipinski definition) is 2. The van der Waals surface area contributed by atoms with E-state index in [-0.39, 0.29) is 12.5 Å². The third-order valence-corrected chi connectivity index (χ3v) is 3.31. The first-order chi connectivity index (χ1) is 11.2. The van der Waals surface area contributed by atoms with Gasteiger partial charge in [-0.2, -0.15) is 0 Å². The number of amides is 1. The van der Waals surface area contributed by atoms with E-state index in [2.05, 4.69) is 10.5 Å². The number of carbonyl (C=O) groups is 1. The van der Waals surface area contributed by atoms with Crippen LogP contribution in [0.3, 0.4) is 0 Å². The van der Waals surface area contributed by atoms with Crippen LogP contribution in [0.2, 0.25) is 0 Å². The van der Waals surface area contributed by atoms with Crippen molar-refractivity contribution in [1.82, 2.24) is 5.16 Å². The fourth-order valence-electron chi connectivity index (χ4n) is 2.35. The molecule has 0 atom stereocenters. The maximum atomic E-state index is 12.2. The number of quaternary nitrogens is 1. The zero-order chi connectivity index (χ0) is 16.1. The molecule has 120 valence electrons. The molecule has 0 saturated carbocycles. The van der Waals surface area contributed by atoms with Crippen LogP contribution in [-0.2, 0) is 17.9 Å². The van der Waals surface area contributed by atoms with Crippen molar-refractivity contribution in [2.24, 2.45) is 0 Å². The van der Waals surface area contributed by atoms with Gasteiger partial charge >= 0.3 is 0 Å². The second-order valence-electron chi connectivity index (χ2n) is 5.31. The maximum Gasteiger partial charge on any atom is 0.280 e. The minimum absolute atomic E-state index is 0.147. The van der Waals surface area contributed by atoms with Gasteiger partial charge in [0.05, 0.1) is 12.5 Å². The third kappa shape index (κ3) is 4.33. The first kappa shape index (κ1) is 15.1. The van der Waals surface area contributed by atoms with Crippen molar-refractivity contribution < 1.29 is 23.1 Å². The summed E-state index contributed by atoms with van der Waals surface area (Å²) in [6.45, 7) is 3.19. The fraction of sp³-hybridized carbons (Fsp3) is 0.250. The van der Waals surface area contributed by atoms with Gasteiger partial charge in [-0.05, 0) is 31.2 Å². The van der Waals surface area contributed by atoms with Gasteiger partial charge in [0.25, 0.3) is 5.91 Å². The van der Waals surface area contributed by atoms with Crippen LogP contribution in [0.25, 0.3) is 0 Å². The van der Waals surface area contributed by atoms with Crippen molar-refractivity contribution in [1.29, 1.82) is 0 Å². The highest BCUT2D eigenvalue weighted by molar-refractivity contribution is 5.90. The van der Waals surface area contributed by atoms with Crippen LogP contribution in [0, 0.1) is 6.92 Å². The van der Waals surface area contributed by atoms with Gasteiger partial charge in [0, 0.05) is 6.07 Å². The Hall–Kier alpha value is -2.80. The number of anilines is 1. The number of carbonyl (C=O) groups excluding carboxylic acids is 1. The highest BCUT2D eigenvalue weighted by Gasteiger charge is 2.19. The Labute approximate surface area is 132 Å². The molecule has 23 heavy (non-hydrogen) atoms. The molecule has 2 N–H and O–H groups in total. The summed E-state index contributed by atoms with van der Waals surface area (Å²) in [5.74, 6) is 2.55. The topological polar surface area (TPSA) is 85.9 Å². The van der Waals surface area contributed by atoms with Gasteiger partial charge in [0.1, 0.15) is 18.8 Å². The Bertz CT molecular complexity index is 695. The van der Waals surface area contributed by atoms with E-state index < -0.39 is 0 Å². The molecule has 3 aromatic rings. The molecular weight excluding hydrogens is 298 g/mol. The molecule has 0 unspecified atom stereocenters.